The van der Waals surface area contributed by atoms with E-state index < -0.39 is 17.5 Å². The van der Waals surface area contributed by atoms with Gasteiger partial charge in [-0.05, 0) is 31.5 Å². The smallest absolute Gasteiger partial charge is 0.311 e. The lowest BCUT2D eigenvalue weighted by Gasteiger charge is -2.33. The van der Waals surface area contributed by atoms with Crippen molar-refractivity contribution in [2.24, 2.45) is 11.3 Å². The standard InChI is InChI=1S/C17H19Cl2NO5/c1-10(25-14-5-12(18)4-13(19)6-14)15(21)20-7-11-8-24-3-2-17(11,9-20)16(22)23/h4-6,10-11H,2-3,7-9H2,1H3,(H,22,23)/t10?,11-,17+/m0/s1. The number of carboxylic acids is 1. The SMILES string of the molecule is CC(Oc1cc(Cl)cc(Cl)c1)C(=O)N1C[C@H]2COCC[C@@]2(C(=O)O)C1. The van der Waals surface area contributed by atoms with Crippen LogP contribution in [0.5, 0.6) is 5.75 Å². The van der Waals surface area contributed by atoms with Crippen LogP contribution < -0.4 is 4.74 Å². The average molecular weight is 388 g/mol. The second kappa shape index (κ2) is 7.02. The molecule has 1 aromatic carbocycles. The van der Waals surface area contributed by atoms with Crippen molar-refractivity contribution in [3.05, 3.63) is 28.2 Å². The average Bonchev–Trinajstić information content (AvgIpc) is 2.94. The van der Waals surface area contributed by atoms with E-state index in [4.69, 9.17) is 32.7 Å². The predicted octanol–water partition coefficient (Wildman–Crippen LogP) is 2.71. The van der Waals surface area contributed by atoms with E-state index in [-0.39, 0.29) is 18.4 Å². The molecule has 1 aromatic rings. The zero-order valence-corrected chi connectivity index (χ0v) is 15.2. The van der Waals surface area contributed by atoms with Crippen LogP contribution in [0.1, 0.15) is 13.3 Å². The van der Waals surface area contributed by atoms with Crippen LogP contribution in [0, 0.1) is 11.3 Å². The molecule has 0 aromatic heterocycles. The van der Waals surface area contributed by atoms with Crippen LogP contribution in [0.2, 0.25) is 10.0 Å². The summed E-state index contributed by atoms with van der Waals surface area (Å²) in [4.78, 5) is 26.1. The first-order chi connectivity index (χ1) is 11.8. The van der Waals surface area contributed by atoms with E-state index in [1.807, 2.05) is 0 Å². The summed E-state index contributed by atoms with van der Waals surface area (Å²) >= 11 is 11.9. The maximum atomic E-state index is 12.7. The number of hydrogen-bond donors (Lipinski definition) is 1. The summed E-state index contributed by atoms with van der Waals surface area (Å²) in [5.41, 5.74) is -0.924. The van der Waals surface area contributed by atoms with E-state index in [0.29, 0.717) is 42.0 Å². The highest BCUT2D eigenvalue weighted by Crippen LogP contribution is 2.42. The van der Waals surface area contributed by atoms with Gasteiger partial charge in [-0.15, -0.1) is 0 Å². The van der Waals surface area contributed by atoms with E-state index in [2.05, 4.69) is 0 Å². The molecule has 0 bridgehead atoms. The molecule has 1 N–H and O–H groups in total. The van der Waals surface area contributed by atoms with E-state index >= 15 is 0 Å². The maximum absolute atomic E-state index is 12.7. The summed E-state index contributed by atoms with van der Waals surface area (Å²) in [6.45, 7) is 2.92. The molecule has 8 heteroatoms. The lowest BCUT2D eigenvalue weighted by molar-refractivity contribution is -0.157. The van der Waals surface area contributed by atoms with Gasteiger partial charge in [-0.25, -0.2) is 0 Å². The number of carboxylic acid groups (broad SMARTS) is 1. The number of ether oxygens (including phenoxy) is 2. The first-order valence-electron chi connectivity index (χ1n) is 8.04. The van der Waals surface area contributed by atoms with Crippen molar-refractivity contribution in [3.63, 3.8) is 0 Å². The molecule has 2 aliphatic heterocycles. The predicted molar refractivity (Wildman–Crippen MR) is 92.1 cm³/mol. The van der Waals surface area contributed by atoms with Gasteiger partial charge in [0.25, 0.3) is 5.91 Å². The van der Waals surface area contributed by atoms with Gasteiger partial charge in [0.1, 0.15) is 5.75 Å². The Morgan fingerprint density at radius 2 is 2.04 bits per heavy atom. The molecule has 3 atom stereocenters. The first-order valence-corrected chi connectivity index (χ1v) is 8.80. The monoisotopic (exact) mass is 387 g/mol. The number of likely N-dealkylation sites (tertiary alicyclic amines) is 1. The number of fused-ring (bicyclic) bond motifs is 1. The fraction of sp³-hybridized carbons (Fsp3) is 0.529. The summed E-state index contributed by atoms with van der Waals surface area (Å²) < 4.78 is 11.1. The van der Waals surface area contributed by atoms with E-state index in [1.165, 1.54) is 0 Å². The Morgan fingerprint density at radius 3 is 2.64 bits per heavy atom. The van der Waals surface area contributed by atoms with Crippen LogP contribution in [0.3, 0.4) is 0 Å². The summed E-state index contributed by atoms with van der Waals surface area (Å²) in [5.74, 6) is -0.931. The van der Waals surface area contributed by atoms with E-state index in [0.717, 1.165) is 0 Å². The third-order valence-corrected chi connectivity index (χ3v) is 5.38. The highest BCUT2D eigenvalue weighted by Gasteiger charge is 2.55. The fourth-order valence-corrected chi connectivity index (χ4v) is 4.08. The number of nitrogens with zero attached hydrogens (tertiary/aromatic N) is 1. The molecule has 0 radical (unpaired) electrons. The van der Waals surface area contributed by atoms with E-state index in [1.54, 1.807) is 30.0 Å². The number of carbonyl (C=O) groups is 2. The zero-order chi connectivity index (χ0) is 18.2. The summed E-state index contributed by atoms with van der Waals surface area (Å²) in [6.07, 6.45) is -0.364. The summed E-state index contributed by atoms with van der Waals surface area (Å²) in [5, 5.41) is 10.5. The lowest BCUT2D eigenvalue weighted by Crippen LogP contribution is -2.45. The highest BCUT2D eigenvalue weighted by atomic mass is 35.5. The van der Waals surface area contributed by atoms with Crippen LogP contribution in [0.25, 0.3) is 0 Å². The molecule has 136 valence electrons. The van der Waals surface area contributed by atoms with Gasteiger partial charge in [0.05, 0.1) is 12.0 Å². The Bertz CT molecular complexity index is 677. The number of benzene rings is 1. The molecule has 0 saturated carbocycles. The van der Waals surface area contributed by atoms with Gasteiger partial charge in [0.2, 0.25) is 0 Å². The Morgan fingerprint density at radius 1 is 1.36 bits per heavy atom. The second-order valence-corrected chi connectivity index (χ2v) is 7.44. The fourth-order valence-electron chi connectivity index (χ4n) is 3.58. The number of amides is 1. The maximum Gasteiger partial charge on any atom is 0.311 e. The van der Waals surface area contributed by atoms with Gasteiger partial charge < -0.3 is 19.5 Å². The van der Waals surface area contributed by atoms with Crippen LogP contribution in [0.4, 0.5) is 0 Å². The van der Waals surface area contributed by atoms with Crippen LogP contribution >= 0.6 is 23.2 Å². The highest BCUT2D eigenvalue weighted by molar-refractivity contribution is 6.34. The van der Waals surface area contributed by atoms with Crippen LogP contribution in [-0.4, -0.2) is 54.3 Å². The normalized spacial score (nSPS) is 26.8. The topological polar surface area (TPSA) is 76.1 Å². The van der Waals surface area contributed by atoms with Crippen molar-refractivity contribution in [3.8, 4) is 5.75 Å². The van der Waals surface area contributed by atoms with Crippen molar-refractivity contribution in [2.45, 2.75) is 19.4 Å². The molecule has 0 aliphatic carbocycles. The van der Waals surface area contributed by atoms with E-state index in [9.17, 15) is 14.7 Å². The van der Waals surface area contributed by atoms with Gasteiger partial charge >= 0.3 is 5.97 Å². The number of carbonyl (C=O) groups excluding carboxylic acids is 1. The third-order valence-electron chi connectivity index (χ3n) is 4.94. The Balaban J connectivity index is 1.71. The largest absolute Gasteiger partial charge is 0.481 e. The Labute approximate surface area is 155 Å². The molecular weight excluding hydrogens is 369 g/mol. The minimum atomic E-state index is -0.924. The van der Waals surface area contributed by atoms with Gasteiger partial charge in [-0.3, -0.25) is 9.59 Å². The Hall–Kier alpha value is -1.50. The summed E-state index contributed by atoms with van der Waals surface area (Å²) in [6, 6.07) is 4.73. The van der Waals surface area contributed by atoms with Crippen molar-refractivity contribution < 1.29 is 24.2 Å². The first kappa shape index (κ1) is 18.3. The summed E-state index contributed by atoms with van der Waals surface area (Å²) in [7, 11) is 0. The van der Waals surface area contributed by atoms with Gasteiger partial charge in [-0.2, -0.15) is 0 Å². The van der Waals surface area contributed by atoms with Crippen molar-refractivity contribution >= 4 is 35.1 Å². The van der Waals surface area contributed by atoms with Crippen LogP contribution in [0.15, 0.2) is 18.2 Å². The van der Waals surface area contributed by atoms with Crippen molar-refractivity contribution in [1.29, 1.82) is 0 Å². The second-order valence-electron chi connectivity index (χ2n) is 6.57. The quantitative estimate of drug-likeness (QED) is 0.859. The van der Waals surface area contributed by atoms with Crippen LogP contribution in [-0.2, 0) is 14.3 Å². The number of hydrogen-bond acceptors (Lipinski definition) is 4. The zero-order valence-electron chi connectivity index (χ0n) is 13.7. The molecular formula is C17H19Cl2NO5. The molecule has 6 nitrogen and oxygen atoms in total. The molecule has 2 heterocycles. The molecule has 0 spiro atoms. The molecule has 1 unspecified atom stereocenters. The van der Waals surface area contributed by atoms with Gasteiger partial charge in [-0.1, -0.05) is 23.2 Å². The Kier molecular flexibility index (Phi) is 5.14. The minimum absolute atomic E-state index is 0.180. The molecule has 1 amide bonds. The number of halogens is 2. The van der Waals surface area contributed by atoms with Crippen molar-refractivity contribution in [1.82, 2.24) is 4.90 Å². The minimum Gasteiger partial charge on any atom is -0.481 e. The molecule has 3 rings (SSSR count). The molecule has 2 saturated heterocycles. The molecule has 2 aliphatic rings. The van der Waals surface area contributed by atoms with Gasteiger partial charge in [0, 0.05) is 35.7 Å². The lowest BCUT2D eigenvalue weighted by atomic mass is 9.74. The number of aliphatic carboxylic acids is 1. The molecule has 25 heavy (non-hydrogen) atoms. The van der Waals surface area contributed by atoms with Gasteiger partial charge in [0.15, 0.2) is 6.10 Å². The molecule has 2 fully saturated rings. The third kappa shape index (κ3) is 3.57. The number of rotatable bonds is 4. The van der Waals surface area contributed by atoms with Crippen molar-refractivity contribution in [2.75, 3.05) is 26.3 Å².